The molecule has 1 aliphatic heterocycles. The molecule has 3 heterocycles. The Labute approximate surface area is 126 Å². The van der Waals surface area contributed by atoms with Crippen molar-refractivity contribution in [2.24, 2.45) is 0 Å². The molecule has 5 nitrogen and oxygen atoms in total. The van der Waals surface area contributed by atoms with E-state index < -0.39 is 0 Å². The van der Waals surface area contributed by atoms with Crippen molar-refractivity contribution in [2.75, 3.05) is 6.54 Å². The second-order valence-electron chi connectivity index (χ2n) is 5.17. The molecule has 0 aliphatic carbocycles. The van der Waals surface area contributed by atoms with E-state index in [0.29, 0.717) is 18.7 Å². The number of hydrogen-bond acceptors (Lipinski definition) is 2. The minimum atomic E-state index is 0.00588. The minimum Gasteiger partial charge on any atom is -0.341 e. The van der Waals surface area contributed by atoms with E-state index in [-0.39, 0.29) is 5.91 Å². The summed E-state index contributed by atoms with van der Waals surface area (Å²) in [7, 11) is 0. The van der Waals surface area contributed by atoms with Gasteiger partial charge in [0, 0.05) is 40.9 Å². The summed E-state index contributed by atoms with van der Waals surface area (Å²) in [5, 5.41) is 8.31. The summed E-state index contributed by atoms with van der Waals surface area (Å²) in [6, 6.07) is 8.00. The van der Waals surface area contributed by atoms with Gasteiger partial charge in [-0.2, -0.15) is 5.10 Å². The van der Waals surface area contributed by atoms with Gasteiger partial charge in [0.05, 0.1) is 18.3 Å². The van der Waals surface area contributed by atoms with E-state index in [1.165, 1.54) is 0 Å². The molecular formula is C15H13ClN4O. The second kappa shape index (κ2) is 4.63. The number of halogens is 1. The lowest BCUT2D eigenvalue weighted by Crippen LogP contribution is -2.37. The second-order valence-corrected chi connectivity index (χ2v) is 5.58. The number of carbonyl (C=O) groups excluding carboxylic acids is 1. The number of nitrogens with one attached hydrogen (secondary N) is 1. The van der Waals surface area contributed by atoms with E-state index in [1.807, 2.05) is 17.0 Å². The number of H-pyrrole nitrogens is 1. The first-order chi connectivity index (χ1) is 10.2. The Balaban J connectivity index is 1.71. The first-order valence-electron chi connectivity index (χ1n) is 6.79. The number of aromatic amines is 1. The minimum absolute atomic E-state index is 0.00588. The lowest BCUT2D eigenvalue weighted by Gasteiger charge is -2.28. The van der Waals surface area contributed by atoms with E-state index in [0.717, 1.165) is 28.2 Å². The molecule has 1 N–H and O–H groups in total. The van der Waals surface area contributed by atoms with Gasteiger partial charge >= 0.3 is 0 Å². The smallest absolute Gasteiger partial charge is 0.257 e. The molecule has 4 rings (SSSR count). The van der Waals surface area contributed by atoms with Crippen molar-refractivity contribution in [2.45, 2.75) is 13.1 Å². The molecule has 21 heavy (non-hydrogen) atoms. The zero-order valence-electron chi connectivity index (χ0n) is 11.2. The van der Waals surface area contributed by atoms with Crippen LogP contribution in [0.25, 0.3) is 10.9 Å². The molecule has 1 aliphatic rings. The maximum Gasteiger partial charge on any atom is 0.257 e. The Morgan fingerprint density at radius 2 is 2.24 bits per heavy atom. The molecule has 106 valence electrons. The third-order valence-electron chi connectivity index (χ3n) is 3.96. The van der Waals surface area contributed by atoms with Crippen LogP contribution < -0.4 is 0 Å². The summed E-state index contributed by atoms with van der Waals surface area (Å²) in [5.74, 6) is 0.00588. The summed E-state index contributed by atoms with van der Waals surface area (Å²) in [6.07, 6.45) is 3.19. The lowest BCUT2D eigenvalue weighted by molar-refractivity contribution is 0.0712. The van der Waals surface area contributed by atoms with Crippen LogP contribution in [0.2, 0.25) is 5.02 Å². The van der Waals surface area contributed by atoms with Crippen molar-refractivity contribution in [3.63, 3.8) is 0 Å². The van der Waals surface area contributed by atoms with Gasteiger partial charge in [-0.25, -0.2) is 0 Å². The molecule has 0 atom stereocenters. The number of hydrogen-bond donors (Lipinski definition) is 1. The first kappa shape index (κ1) is 12.5. The Morgan fingerprint density at radius 3 is 3.05 bits per heavy atom. The average Bonchev–Trinajstić information content (AvgIpc) is 3.14. The molecule has 0 saturated heterocycles. The molecule has 0 radical (unpaired) electrons. The highest BCUT2D eigenvalue weighted by Crippen LogP contribution is 2.29. The molecule has 0 fully saturated rings. The van der Waals surface area contributed by atoms with E-state index >= 15 is 0 Å². The predicted octanol–water partition coefficient (Wildman–Crippen LogP) is 2.67. The van der Waals surface area contributed by atoms with Crippen molar-refractivity contribution >= 4 is 28.4 Å². The number of benzene rings is 1. The van der Waals surface area contributed by atoms with Crippen LogP contribution in [0.4, 0.5) is 0 Å². The highest BCUT2D eigenvalue weighted by molar-refractivity contribution is 6.35. The Kier molecular flexibility index (Phi) is 2.75. The van der Waals surface area contributed by atoms with Crippen LogP contribution in [0.5, 0.6) is 0 Å². The van der Waals surface area contributed by atoms with Gasteiger partial charge in [0.25, 0.3) is 5.91 Å². The molecule has 2 aromatic heterocycles. The quantitative estimate of drug-likeness (QED) is 0.751. The van der Waals surface area contributed by atoms with Gasteiger partial charge in [-0.15, -0.1) is 0 Å². The topological polar surface area (TPSA) is 53.9 Å². The fraction of sp³-hybridized carbons (Fsp3) is 0.200. The monoisotopic (exact) mass is 300 g/mol. The molecule has 0 bridgehead atoms. The lowest BCUT2D eigenvalue weighted by atomic mass is 10.2. The van der Waals surface area contributed by atoms with Crippen molar-refractivity contribution in [1.82, 2.24) is 19.7 Å². The number of carbonyl (C=O) groups is 1. The number of rotatable bonds is 1. The number of fused-ring (bicyclic) bond motifs is 3. The fourth-order valence-electron chi connectivity index (χ4n) is 2.92. The Bertz CT molecular complexity index is 822. The first-order valence-corrected chi connectivity index (χ1v) is 7.16. The summed E-state index contributed by atoms with van der Waals surface area (Å²) in [5.41, 5.74) is 2.84. The summed E-state index contributed by atoms with van der Waals surface area (Å²) < 4.78 is 2.24. The van der Waals surface area contributed by atoms with E-state index in [1.54, 1.807) is 12.4 Å². The van der Waals surface area contributed by atoms with Crippen molar-refractivity contribution in [3.05, 3.63) is 52.9 Å². The van der Waals surface area contributed by atoms with Gasteiger partial charge in [0.15, 0.2) is 0 Å². The largest absolute Gasteiger partial charge is 0.341 e. The summed E-state index contributed by atoms with van der Waals surface area (Å²) in [4.78, 5) is 14.2. The zero-order chi connectivity index (χ0) is 14.4. The Hall–Kier alpha value is -2.27. The van der Waals surface area contributed by atoms with E-state index in [4.69, 9.17) is 11.6 Å². The number of aromatic nitrogens is 3. The van der Waals surface area contributed by atoms with Crippen LogP contribution in [0.15, 0.2) is 36.7 Å². The maximum absolute atomic E-state index is 12.4. The zero-order valence-corrected chi connectivity index (χ0v) is 12.0. The molecule has 0 unspecified atom stereocenters. The molecule has 0 spiro atoms. The predicted molar refractivity (Wildman–Crippen MR) is 80.3 cm³/mol. The summed E-state index contributed by atoms with van der Waals surface area (Å²) >= 11 is 6.25. The molecule has 1 aromatic carbocycles. The molecule has 0 saturated carbocycles. The van der Waals surface area contributed by atoms with E-state index in [9.17, 15) is 4.79 Å². The van der Waals surface area contributed by atoms with Gasteiger partial charge in [-0.3, -0.25) is 9.89 Å². The average molecular weight is 301 g/mol. The molecular weight excluding hydrogens is 288 g/mol. The van der Waals surface area contributed by atoms with Gasteiger partial charge in [0.1, 0.15) is 0 Å². The van der Waals surface area contributed by atoms with Crippen LogP contribution in [0.3, 0.4) is 0 Å². The fourth-order valence-corrected chi connectivity index (χ4v) is 3.14. The highest BCUT2D eigenvalue weighted by atomic mass is 35.5. The highest BCUT2D eigenvalue weighted by Gasteiger charge is 2.24. The van der Waals surface area contributed by atoms with Gasteiger partial charge in [-0.1, -0.05) is 17.7 Å². The summed E-state index contributed by atoms with van der Waals surface area (Å²) in [6.45, 7) is 2.06. The Morgan fingerprint density at radius 1 is 1.33 bits per heavy atom. The normalized spacial score (nSPS) is 14.4. The van der Waals surface area contributed by atoms with E-state index in [2.05, 4.69) is 26.9 Å². The molecule has 6 heteroatoms. The van der Waals surface area contributed by atoms with Crippen LogP contribution in [-0.2, 0) is 13.1 Å². The van der Waals surface area contributed by atoms with Gasteiger partial charge < -0.3 is 9.47 Å². The molecule has 1 amide bonds. The van der Waals surface area contributed by atoms with Crippen molar-refractivity contribution in [1.29, 1.82) is 0 Å². The SMILES string of the molecule is O=C(c1cn[nH]c1)N1CCn2c(cc3c(Cl)cccc32)C1. The number of nitrogens with zero attached hydrogens (tertiary/aromatic N) is 3. The van der Waals surface area contributed by atoms with Crippen molar-refractivity contribution in [3.8, 4) is 0 Å². The van der Waals surface area contributed by atoms with Crippen LogP contribution in [0, 0.1) is 0 Å². The third kappa shape index (κ3) is 1.93. The van der Waals surface area contributed by atoms with Crippen LogP contribution in [0.1, 0.15) is 16.1 Å². The van der Waals surface area contributed by atoms with Gasteiger partial charge in [-0.05, 0) is 18.2 Å². The standard InChI is InChI=1S/C15H13ClN4O/c16-13-2-1-3-14-12(13)6-11-9-19(4-5-20(11)14)15(21)10-7-17-18-8-10/h1-3,6-8H,4-5,9H2,(H,17,18). The van der Waals surface area contributed by atoms with Crippen LogP contribution in [-0.4, -0.2) is 32.1 Å². The molecule has 3 aromatic rings. The van der Waals surface area contributed by atoms with Gasteiger partial charge in [0.2, 0.25) is 0 Å². The number of amides is 1. The van der Waals surface area contributed by atoms with Crippen molar-refractivity contribution < 1.29 is 4.79 Å². The van der Waals surface area contributed by atoms with Crippen LogP contribution >= 0.6 is 11.6 Å². The maximum atomic E-state index is 12.4. The third-order valence-corrected chi connectivity index (χ3v) is 4.29.